The Labute approximate surface area is 133 Å². The maximum atomic E-state index is 13.1. The fourth-order valence-electron chi connectivity index (χ4n) is 1.67. The SMILES string of the molecule is O=C(COc1cc(F)ccc1[N+](=O)[O-])Nc1ccc(F)cc1Cl. The molecule has 0 atom stereocenters. The van der Waals surface area contributed by atoms with Crippen LogP contribution in [0.3, 0.4) is 0 Å². The van der Waals surface area contributed by atoms with Gasteiger partial charge in [0, 0.05) is 12.1 Å². The monoisotopic (exact) mass is 342 g/mol. The molecule has 0 unspecified atom stereocenters. The van der Waals surface area contributed by atoms with E-state index in [-0.39, 0.29) is 16.5 Å². The third-order valence-corrected chi connectivity index (χ3v) is 3.00. The van der Waals surface area contributed by atoms with Crippen molar-refractivity contribution in [3.63, 3.8) is 0 Å². The van der Waals surface area contributed by atoms with Gasteiger partial charge in [0.15, 0.2) is 6.61 Å². The standard InChI is InChI=1S/C14H9ClF2N2O4/c15-10-5-8(16)1-3-11(10)18-14(20)7-23-13-6-9(17)2-4-12(13)19(21)22/h1-6H,7H2,(H,18,20). The summed E-state index contributed by atoms with van der Waals surface area (Å²) in [6.45, 7) is -0.613. The van der Waals surface area contributed by atoms with E-state index in [0.717, 1.165) is 30.3 Å². The van der Waals surface area contributed by atoms with E-state index in [2.05, 4.69) is 5.32 Å². The minimum absolute atomic E-state index is 0.0184. The number of rotatable bonds is 5. The smallest absolute Gasteiger partial charge is 0.311 e. The average Bonchev–Trinajstić information content (AvgIpc) is 2.48. The molecule has 120 valence electrons. The van der Waals surface area contributed by atoms with Crippen LogP contribution >= 0.6 is 11.6 Å². The molecule has 0 aliphatic carbocycles. The van der Waals surface area contributed by atoms with E-state index in [0.29, 0.717) is 0 Å². The third kappa shape index (κ3) is 4.36. The highest BCUT2D eigenvalue weighted by Crippen LogP contribution is 2.27. The Morgan fingerprint density at radius 2 is 1.87 bits per heavy atom. The first-order valence-corrected chi connectivity index (χ1v) is 6.56. The second-order valence-corrected chi connectivity index (χ2v) is 4.74. The number of halogens is 3. The van der Waals surface area contributed by atoms with E-state index in [1.165, 1.54) is 6.07 Å². The van der Waals surface area contributed by atoms with Crippen LogP contribution in [0.25, 0.3) is 0 Å². The molecule has 2 aromatic rings. The van der Waals surface area contributed by atoms with Gasteiger partial charge in [-0.3, -0.25) is 14.9 Å². The number of ether oxygens (including phenoxy) is 1. The van der Waals surface area contributed by atoms with Crippen molar-refractivity contribution in [3.05, 3.63) is 63.2 Å². The van der Waals surface area contributed by atoms with Crippen LogP contribution in [-0.2, 0) is 4.79 Å². The second kappa shape index (κ2) is 7.01. The molecule has 23 heavy (non-hydrogen) atoms. The number of carbonyl (C=O) groups is 1. The molecule has 1 amide bonds. The highest BCUT2D eigenvalue weighted by molar-refractivity contribution is 6.33. The molecular formula is C14H9ClF2N2O4. The van der Waals surface area contributed by atoms with Gasteiger partial charge in [-0.05, 0) is 24.3 Å². The molecule has 0 heterocycles. The fourth-order valence-corrected chi connectivity index (χ4v) is 1.89. The second-order valence-electron chi connectivity index (χ2n) is 4.33. The number of nitrogens with one attached hydrogen (secondary N) is 1. The molecule has 9 heteroatoms. The van der Waals surface area contributed by atoms with Gasteiger partial charge >= 0.3 is 5.69 Å². The lowest BCUT2D eigenvalue weighted by Crippen LogP contribution is -2.20. The summed E-state index contributed by atoms with van der Waals surface area (Å²) in [5, 5.41) is 13.1. The van der Waals surface area contributed by atoms with Crippen molar-refractivity contribution in [2.75, 3.05) is 11.9 Å². The summed E-state index contributed by atoms with van der Waals surface area (Å²) >= 11 is 5.74. The van der Waals surface area contributed by atoms with Gasteiger partial charge in [0.1, 0.15) is 11.6 Å². The molecule has 0 saturated heterocycles. The van der Waals surface area contributed by atoms with E-state index in [1.807, 2.05) is 0 Å². The number of benzene rings is 2. The summed E-state index contributed by atoms with van der Waals surface area (Å²) in [5.74, 6) is -2.39. The van der Waals surface area contributed by atoms with Crippen LogP contribution in [0.4, 0.5) is 20.2 Å². The summed E-state index contributed by atoms with van der Waals surface area (Å²) in [5.41, 5.74) is -0.325. The van der Waals surface area contributed by atoms with Gasteiger partial charge in [-0.2, -0.15) is 0 Å². The number of nitro groups is 1. The molecule has 0 aliphatic rings. The molecule has 2 aromatic carbocycles. The quantitative estimate of drug-likeness (QED) is 0.665. The van der Waals surface area contributed by atoms with Crippen LogP contribution in [0, 0.1) is 21.7 Å². The molecule has 0 bridgehead atoms. The molecule has 0 radical (unpaired) electrons. The first kappa shape index (κ1) is 16.6. The van der Waals surface area contributed by atoms with Gasteiger partial charge in [-0.1, -0.05) is 11.6 Å². The molecule has 0 aromatic heterocycles. The predicted molar refractivity (Wildman–Crippen MR) is 78.6 cm³/mol. The minimum atomic E-state index is -0.760. The lowest BCUT2D eigenvalue weighted by atomic mass is 10.3. The first-order valence-electron chi connectivity index (χ1n) is 6.18. The number of hydrogen-bond acceptors (Lipinski definition) is 4. The Kier molecular flexibility index (Phi) is 5.07. The Balaban J connectivity index is 2.05. The molecule has 0 spiro atoms. The van der Waals surface area contributed by atoms with Gasteiger partial charge in [0.05, 0.1) is 15.6 Å². The maximum Gasteiger partial charge on any atom is 0.311 e. The zero-order valence-corrected chi connectivity index (χ0v) is 12.1. The Morgan fingerprint density at radius 3 is 2.52 bits per heavy atom. The van der Waals surface area contributed by atoms with Gasteiger partial charge < -0.3 is 10.1 Å². The zero-order chi connectivity index (χ0) is 17.0. The predicted octanol–water partition coefficient (Wildman–Crippen LogP) is 3.54. The molecule has 2 rings (SSSR count). The number of nitrogens with zero attached hydrogens (tertiary/aromatic N) is 1. The highest BCUT2D eigenvalue weighted by Gasteiger charge is 2.17. The summed E-state index contributed by atoms with van der Waals surface area (Å²) < 4.78 is 31.0. The zero-order valence-electron chi connectivity index (χ0n) is 11.4. The molecule has 0 fully saturated rings. The molecule has 0 saturated carbocycles. The van der Waals surface area contributed by atoms with Crippen molar-refractivity contribution >= 4 is 28.9 Å². The van der Waals surface area contributed by atoms with Crippen molar-refractivity contribution in [2.24, 2.45) is 0 Å². The number of amides is 1. The largest absolute Gasteiger partial charge is 0.477 e. The van der Waals surface area contributed by atoms with E-state index in [4.69, 9.17) is 16.3 Å². The van der Waals surface area contributed by atoms with E-state index < -0.39 is 34.8 Å². The summed E-state index contributed by atoms with van der Waals surface area (Å²) in [6, 6.07) is 5.99. The maximum absolute atomic E-state index is 13.1. The summed E-state index contributed by atoms with van der Waals surface area (Å²) in [7, 11) is 0. The Morgan fingerprint density at radius 1 is 1.22 bits per heavy atom. The van der Waals surface area contributed by atoms with E-state index >= 15 is 0 Å². The van der Waals surface area contributed by atoms with Crippen LogP contribution in [-0.4, -0.2) is 17.4 Å². The summed E-state index contributed by atoms with van der Waals surface area (Å²) in [6.07, 6.45) is 0. The Bertz CT molecular complexity index is 770. The van der Waals surface area contributed by atoms with Crippen LogP contribution in [0.15, 0.2) is 36.4 Å². The number of carbonyl (C=O) groups excluding carboxylic acids is 1. The lowest BCUT2D eigenvalue weighted by molar-refractivity contribution is -0.385. The molecule has 1 N–H and O–H groups in total. The first-order chi connectivity index (χ1) is 10.9. The van der Waals surface area contributed by atoms with Crippen molar-refractivity contribution < 1.29 is 23.2 Å². The van der Waals surface area contributed by atoms with Crippen molar-refractivity contribution in [1.29, 1.82) is 0 Å². The van der Waals surface area contributed by atoms with Gasteiger partial charge in [-0.15, -0.1) is 0 Å². The molecule has 6 nitrogen and oxygen atoms in total. The number of nitro benzene ring substituents is 1. The third-order valence-electron chi connectivity index (χ3n) is 2.68. The lowest BCUT2D eigenvalue weighted by Gasteiger charge is -2.09. The Hall–Kier alpha value is -2.74. The fraction of sp³-hybridized carbons (Fsp3) is 0.0714. The van der Waals surface area contributed by atoms with Crippen LogP contribution in [0.5, 0.6) is 5.75 Å². The number of anilines is 1. The van der Waals surface area contributed by atoms with Crippen LogP contribution in [0.2, 0.25) is 5.02 Å². The van der Waals surface area contributed by atoms with Gasteiger partial charge in [0.25, 0.3) is 5.91 Å². The summed E-state index contributed by atoms with van der Waals surface area (Å²) in [4.78, 5) is 21.8. The van der Waals surface area contributed by atoms with Crippen LogP contribution < -0.4 is 10.1 Å². The number of hydrogen-bond donors (Lipinski definition) is 1. The van der Waals surface area contributed by atoms with Crippen LogP contribution in [0.1, 0.15) is 0 Å². The average molecular weight is 343 g/mol. The minimum Gasteiger partial charge on any atom is -0.477 e. The van der Waals surface area contributed by atoms with Crippen molar-refractivity contribution in [3.8, 4) is 5.75 Å². The topological polar surface area (TPSA) is 81.5 Å². The van der Waals surface area contributed by atoms with E-state index in [9.17, 15) is 23.7 Å². The van der Waals surface area contributed by atoms with Crippen molar-refractivity contribution in [1.82, 2.24) is 0 Å². The van der Waals surface area contributed by atoms with Gasteiger partial charge in [0.2, 0.25) is 5.75 Å². The normalized spacial score (nSPS) is 10.2. The van der Waals surface area contributed by atoms with Crippen molar-refractivity contribution in [2.45, 2.75) is 0 Å². The molecular weight excluding hydrogens is 334 g/mol. The van der Waals surface area contributed by atoms with Gasteiger partial charge in [-0.25, -0.2) is 8.78 Å². The molecule has 0 aliphatic heterocycles. The highest BCUT2D eigenvalue weighted by atomic mass is 35.5. The van der Waals surface area contributed by atoms with E-state index in [1.54, 1.807) is 0 Å².